The lowest BCUT2D eigenvalue weighted by Gasteiger charge is -2.12. The summed E-state index contributed by atoms with van der Waals surface area (Å²) in [6.45, 7) is 5.91. The second-order valence-electron chi connectivity index (χ2n) is 7.34. The van der Waals surface area contributed by atoms with Crippen LogP contribution in [0.3, 0.4) is 0 Å². The number of hydrogen-bond acceptors (Lipinski definition) is 3. The van der Waals surface area contributed by atoms with Gasteiger partial charge in [-0.2, -0.15) is 0 Å². The Morgan fingerprint density at radius 3 is 2.41 bits per heavy atom. The van der Waals surface area contributed by atoms with E-state index in [1.807, 2.05) is 36.4 Å². The lowest BCUT2D eigenvalue weighted by Crippen LogP contribution is -2.18. The van der Waals surface area contributed by atoms with Gasteiger partial charge in [-0.15, -0.1) is 0 Å². The molecule has 0 fully saturated rings. The molecule has 3 aromatic rings. The minimum absolute atomic E-state index is 0.208. The molecular weight excluding hydrogens is 338 g/mol. The van der Waals surface area contributed by atoms with E-state index in [4.69, 9.17) is 4.74 Å². The van der Waals surface area contributed by atoms with Crippen molar-refractivity contribution in [3.8, 4) is 0 Å². The van der Waals surface area contributed by atoms with Gasteiger partial charge in [0.05, 0.1) is 5.92 Å². The standard InChI is InChI=1S/C23H25NO3/c1-15(2)12-17-8-10-18(11-9-17)16(3)23(26)27-14-22(25)20-13-24-21-7-5-4-6-19(20)21/h4-11,13,15-16,24H,12,14H2,1-3H3/t16-/m1/s1. The van der Waals surface area contributed by atoms with Gasteiger partial charge in [-0.25, -0.2) is 0 Å². The first-order valence-electron chi connectivity index (χ1n) is 9.30. The number of carbonyl (C=O) groups excluding carboxylic acids is 2. The molecule has 1 aromatic heterocycles. The Hall–Kier alpha value is -2.88. The first kappa shape index (κ1) is 18.9. The third-order valence-corrected chi connectivity index (χ3v) is 4.71. The molecule has 3 rings (SSSR count). The molecule has 0 aliphatic carbocycles. The summed E-state index contributed by atoms with van der Waals surface area (Å²) in [6, 6.07) is 15.6. The van der Waals surface area contributed by atoms with Gasteiger partial charge < -0.3 is 9.72 Å². The summed E-state index contributed by atoms with van der Waals surface area (Å²) in [5.74, 6) is -0.414. The highest BCUT2D eigenvalue weighted by molar-refractivity contribution is 6.08. The maximum absolute atomic E-state index is 12.4. The third-order valence-electron chi connectivity index (χ3n) is 4.71. The van der Waals surface area contributed by atoms with Crippen molar-refractivity contribution in [3.63, 3.8) is 0 Å². The molecule has 27 heavy (non-hydrogen) atoms. The maximum atomic E-state index is 12.4. The number of benzene rings is 2. The molecule has 0 radical (unpaired) electrons. The Balaban J connectivity index is 1.60. The first-order valence-corrected chi connectivity index (χ1v) is 9.30. The predicted molar refractivity (Wildman–Crippen MR) is 107 cm³/mol. The number of carbonyl (C=O) groups is 2. The number of aromatic nitrogens is 1. The van der Waals surface area contributed by atoms with Gasteiger partial charge in [0.25, 0.3) is 0 Å². The number of hydrogen-bond donors (Lipinski definition) is 1. The molecule has 0 aliphatic heterocycles. The molecule has 0 bridgehead atoms. The molecule has 1 N–H and O–H groups in total. The Bertz CT molecular complexity index is 938. The first-order chi connectivity index (χ1) is 13.0. The summed E-state index contributed by atoms with van der Waals surface area (Å²) < 4.78 is 5.29. The van der Waals surface area contributed by atoms with Crippen LogP contribution in [0.4, 0.5) is 0 Å². The topological polar surface area (TPSA) is 59.2 Å². The smallest absolute Gasteiger partial charge is 0.313 e. The quantitative estimate of drug-likeness (QED) is 0.480. The fourth-order valence-corrected chi connectivity index (χ4v) is 3.19. The van der Waals surface area contributed by atoms with E-state index >= 15 is 0 Å². The summed E-state index contributed by atoms with van der Waals surface area (Å²) in [7, 11) is 0. The van der Waals surface area contributed by atoms with Crippen LogP contribution in [0.5, 0.6) is 0 Å². The zero-order chi connectivity index (χ0) is 19.4. The van der Waals surface area contributed by atoms with E-state index in [9.17, 15) is 9.59 Å². The van der Waals surface area contributed by atoms with Gasteiger partial charge in [0.2, 0.25) is 5.78 Å². The average Bonchev–Trinajstić information content (AvgIpc) is 3.09. The van der Waals surface area contributed by atoms with Crippen LogP contribution in [0.2, 0.25) is 0 Å². The average molecular weight is 363 g/mol. The molecule has 0 unspecified atom stereocenters. The Morgan fingerprint density at radius 2 is 1.70 bits per heavy atom. The predicted octanol–water partition coefficient (Wildman–Crippen LogP) is 4.90. The van der Waals surface area contributed by atoms with E-state index < -0.39 is 5.92 Å². The molecule has 0 saturated carbocycles. The van der Waals surface area contributed by atoms with Crippen LogP contribution in [0.1, 0.15) is 48.2 Å². The van der Waals surface area contributed by atoms with Gasteiger partial charge in [-0.05, 0) is 36.5 Å². The third kappa shape index (κ3) is 4.45. The van der Waals surface area contributed by atoms with E-state index in [1.54, 1.807) is 13.1 Å². The van der Waals surface area contributed by atoms with Crippen molar-refractivity contribution in [2.75, 3.05) is 6.61 Å². The highest BCUT2D eigenvalue weighted by Crippen LogP contribution is 2.21. The van der Waals surface area contributed by atoms with Crippen LogP contribution in [-0.2, 0) is 16.0 Å². The molecule has 0 aliphatic rings. The Kier molecular flexibility index (Phi) is 5.75. The molecule has 140 valence electrons. The minimum atomic E-state index is -0.408. The van der Waals surface area contributed by atoms with Crippen LogP contribution >= 0.6 is 0 Å². The molecular formula is C23H25NO3. The van der Waals surface area contributed by atoms with Crippen LogP contribution in [0.25, 0.3) is 10.9 Å². The highest BCUT2D eigenvalue weighted by atomic mass is 16.5. The van der Waals surface area contributed by atoms with Gasteiger partial charge in [-0.1, -0.05) is 56.3 Å². The minimum Gasteiger partial charge on any atom is -0.457 e. The SMILES string of the molecule is CC(C)Cc1ccc([C@@H](C)C(=O)OCC(=O)c2c[nH]c3ccccc23)cc1. The number of nitrogens with one attached hydrogen (secondary N) is 1. The highest BCUT2D eigenvalue weighted by Gasteiger charge is 2.19. The fraction of sp³-hybridized carbons (Fsp3) is 0.304. The lowest BCUT2D eigenvalue weighted by atomic mass is 9.97. The number of Topliss-reactive ketones (excluding diaryl/α,β-unsaturated/α-hetero) is 1. The zero-order valence-corrected chi connectivity index (χ0v) is 16.0. The Morgan fingerprint density at radius 1 is 1.00 bits per heavy atom. The van der Waals surface area contributed by atoms with Crippen LogP contribution < -0.4 is 0 Å². The van der Waals surface area contributed by atoms with Crippen molar-refractivity contribution in [1.29, 1.82) is 0 Å². The summed E-state index contributed by atoms with van der Waals surface area (Å²) >= 11 is 0. The van der Waals surface area contributed by atoms with E-state index in [0.29, 0.717) is 11.5 Å². The van der Waals surface area contributed by atoms with Gasteiger partial charge in [-0.3, -0.25) is 9.59 Å². The molecule has 0 saturated heterocycles. The molecule has 2 aromatic carbocycles. The second-order valence-corrected chi connectivity index (χ2v) is 7.34. The molecule has 4 nitrogen and oxygen atoms in total. The van der Waals surface area contributed by atoms with Gasteiger partial charge in [0.15, 0.2) is 6.61 Å². The lowest BCUT2D eigenvalue weighted by molar-refractivity contribution is -0.143. The number of H-pyrrole nitrogens is 1. The molecule has 0 amide bonds. The largest absolute Gasteiger partial charge is 0.457 e. The van der Waals surface area contributed by atoms with Crippen molar-refractivity contribution in [2.24, 2.45) is 5.92 Å². The second kappa shape index (κ2) is 8.21. The van der Waals surface area contributed by atoms with Crippen molar-refractivity contribution in [2.45, 2.75) is 33.1 Å². The Labute approximate surface area is 159 Å². The van der Waals surface area contributed by atoms with Crippen LogP contribution in [0, 0.1) is 5.92 Å². The monoisotopic (exact) mass is 363 g/mol. The number of esters is 1. The number of fused-ring (bicyclic) bond motifs is 1. The van der Waals surface area contributed by atoms with E-state index in [2.05, 4.69) is 31.0 Å². The van der Waals surface area contributed by atoms with Crippen molar-refractivity contribution in [3.05, 3.63) is 71.4 Å². The van der Waals surface area contributed by atoms with Crippen LogP contribution in [-0.4, -0.2) is 23.3 Å². The number of para-hydroxylation sites is 1. The number of aromatic amines is 1. The molecule has 4 heteroatoms. The van der Waals surface area contributed by atoms with Gasteiger partial charge >= 0.3 is 5.97 Å². The summed E-state index contributed by atoms with van der Waals surface area (Å²) in [5.41, 5.74) is 3.59. The van der Waals surface area contributed by atoms with E-state index in [-0.39, 0.29) is 18.4 Å². The van der Waals surface area contributed by atoms with Crippen molar-refractivity contribution in [1.82, 2.24) is 4.98 Å². The number of ether oxygens (including phenoxy) is 1. The maximum Gasteiger partial charge on any atom is 0.313 e. The summed E-state index contributed by atoms with van der Waals surface area (Å²) in [6.07, 6.45) is 2.68. The normalized spacial score (nSPS) is 12.3. The summed E-state index contributed by atoms with van der Waals surface area (Å²) in [4.78, 5) is 27.9. The fourth-order valence-electron chi connectivity index (χ4n) is 3.19. The molecule has 1 heterocycles. The van der Waals surface area contributed by atoms with Gasteiger partial charge in [0, 0.05) is 22.7 Å². The zero-order valence-electron chi connectivity index (χ0n) is 16.0. The molecule has 1 atom stereocenters. The van der Waals surface area contributed by atoms with E-state index in [1.165, 1.54) is 5.56 Å². The summed E-state index contributed by atoms with van der Waals surface area (Å²) in [5, 5.41) is 0.840. The van der Waals surface area contributed by atoms with Gasteiger partial charge in [0.1, 0.15) is 0 Å². The van der Waals surface area contributed by atoms with Crippen molar-refractivity contribution < 1.29 is 14.3 Å². The van der Waals surface area contributed by atoms with Crippen LogP contribution in [0.15, 0.2) is 54.7 Å². The number of rotatable bonds is 7. The number of ketones is 1. The van der Waals surface area contributed by atoms with E-state index in [0.717, 1.165) is 22.9 Å². The molecule has 0 spiro atoms. The van der Waals surface area contributed by atoms with Crippen molar-refractivity contribution >= 4 is 22.7 Å².